The third-order valence-electron chi connectivity index (χ3n) is 3.08. The number of H-pyrrole nitrogens is 1. The van der Waals surface area contributed by atoms with Gasteiger partial charge in [0.15, 0.2) is 4.77 Å². The number of hydrogen-bond acceptors (Lipinski definition) is 2. The van der Waals surface area contributed by atoms with Gasteiger partial charge in [0, 0.05) is 11.8 Å². The van der Waals surface area contributed by atoms with E-state index < -0.39 is 0 Å². The van der Waals surface area contributed by atoms with Crippen molar-refractivity contribution in [1.29, 1.82) is 0 Å². The van der Waals surface area contributed by atoms with Crippen LogP contribution in [0.5, 0.6) is 0 Å². The molecule has 0 unspecified atom stereocenters. The molecule has 0 radical (unpaired) electrons. The maximum absolute atomic E-state index is 13.5. The second kappa shape index (κ2) is 5.10. The van der Waals surface area contributed by atoms with E-state index in [0.29, 0.717) is 21.3 Å². The van der Waals surface area contributed by atoms with Crippen LogP contribution in [0, 0.1) is 17.5 Å². The van der Waals surface area contributed by atoms with Crippen molar-refractivity contribution in [2.24, 2.45) is 0 Å². The van der Waals surface area contributed by atoms with Crippen LogP contribution in [-0.4, -0.2) is 14.5 Å². The van der Waals surface area contributed by atoms with Gasteiger partial charge in [0.25, 0.3) is 0 Å². The standard InChI is InChI=1S/C14H11BrFN3S/c1-8-3-2-4-9(17-8)7-19-13-5-10(15)11(16)6-12(13)18-14(19)20/h2-6H,7H2,1H3,(H,18,20). The number of aromatic amines is 1. The summed E-state index contributed by atoms with van der Waals surface area (Å²) in [5.41, 5.74) is 3.42. The molecule has 3 nitrogen and oxygen atoms in total. The van der Waals surface area contributed by atoms with Crippen molar-refractivity contribution in [3.05, 3.63) is 56.8 Å². The number of imidazole rings is 1. The molecule has 1 aromatic carbocycles. The molecule has 0 aliphatic heterocycles. The van der Waals surface area contributed by atoms with Gasteiger partial charge in [0.05, 0.1) is 27.7 Å². The molecule has 0 fully saturated rings. The molecule has 0 amide bonds. The molecule has 3 aromatic rings. The summed E-state index contributed by atoms with van der Waals surface area (Å²) in [7, 11) is 0. The van der Waals surface area contributed by atoms with E-state index in [9.17, 15) is 4.39 Å². The van der Waals surface area contributed by atoms with E-state index in [1.807, 2.05) is 29.7 Å². The van der Waals surface area contributed by atoms with Gasteiger partial charge in [-0.2, -0.15) is 0 Å². The highest BCUT2D eigenvalue weighted by Gasteiger charge is 2.09. The predicted molar refractivity (Wildman–Crippen MR) is 82.9 cm³/mol. The third-order valence-corrected chi connectivity index (χ3v) is 4.01. The number of fused-ring (bicyclic) bond motifs is 1. The van der Waals surface area contributed by atoms with Crippen LogP contribution in [0.25, 0.3) is 11.0 Å². The SMILES string of the molecule is Cc1cccc(Cn2c(=S)[nH]c3cc(F)c(Br)cc32)n1. The van der Waals surface area contributed by atoms with Gasteiger partial charge < -0.3 is 9.55 Å². The second-order valence-electron chi connectivity index (χ2n) is 4.57. The summed E-state index contributed by atoms with van der Waals surface area (Å²) in [5.74, 6) is -0.311. The lowest BCUT2D eigenvalue weighted by molar-refractivity contribution is 0.622. The van der Waals surface area contributed by atoms with Gasteiger partial charge in [0.2, 0.25) is 0 Å². The van der Waals surface area contributed by atoms with E-state index in [1.54, 1.807) is 6.07 Å². The summed E-state index contributed by atoms with van der Waals surface area (Å²) in [4.78, 5) is 7.49. The van der Waals surface area contributed by atoms with Gasteiger partial charge in [-0.25, -0.2) is 4.39 Å². The van der Waals surface area contributed by atoms with Crippen LogP contribution in [-0.2, 0) is 6.54 Å². The minimum absolute atomic E-state index is 0.311. The first kappa shape index (κ1) is 13.5. The Bertz CT molecular complexity index is 853. The van der Waals surface area contributed by atoms with E-state index in [1.165, 1.54) is 6.07 Å². The average molecular weight is 352 g/mol. The molecule has 0 aliphatic rings. The minimum Gasteiger partial charge on any atom is -0.330 e. The molecule has 1 N–H and O–H groups in total. The summed E-state index contributed by atoms with van der Waals surface area (Å²) in [6, 6.07) is 9.03. The monoisotopic (exact) mass is 351 g/mol. The normalized spacial score (nSPS) is 11.2. The zero-order valence-corrected chi connectivity index (χ0v) is 13.1. The number of aromatic nitrogens is 3. The van der Waals surface area contributed by atoms with Crippen molar-refractivity contribution in [2.75, 3.05) is 0 Å². The largest absolute Gasteiger partial charge is 0.330 e. The van der Waals surface area contributed by atoms with Crippen LogP contribution in [0.4, 0.5) is 4.39 Å². The fourth-order valence-electron chi connectivity index (χ4n) is 2.16. The molecule has 102 valence electrons. The van der Waals surface area contributed by atoms with E-state index in [-0.39, 0.29) is 5.82 Å². The van der Waals surface area contributed by atoms with Crippen LogP contribution in [0.1, 0.15) is 11.4 Å². The van der Waals surface area contributed by atoms with Gasteiger partial charge >= 0.3 is 0 Å². The fraction of sp³-hybridized carbons (Fsp3) is 0.143. The lowest BCUT2D eigenvalue weighted by Gasteiger charge is -2.05. The Balaban J connectivity index is 2.14. The topological polar surface area (TPSA) is 33.6 Å². The average Bonchev–Trinajstić information content (AvgIpc) is 2.67. The Labute approximate surface area is 128 Å². The maximum Gasteiger partial charge on any atom is 0.178 e. The van der Waals surface area contributed by atoms with E-state index in [4.69, 9.17) is 12.2 Å². The van der Waals surface area contributed by atoms with Crippen LogP contribution in [0.2, 0.25) is 0 Å². The molecule has 2 aromatic heterocycles. The van der Waals surface area contributed by atoms with Gasteiger partial charge in [0.1, 0.15) is 5.82 Å². The van der Waals surface area contributed by atoms with Crippen molar-refractivity contribution >= 4 is 39.2 Å². The van der Waals surface area contributed by atoms with Gasteiger partial charge in [-0.3, -0.25) is 4.98 Å². The van der Waals surface area contributed by atoms with E-state index in [0.717, 1.165) is 16.9 Å². The molecule has 6 heteroatoms. The smallest absolute Gasteiger partial charge is 0.178 e. The Hall–Kier alpha value is -1.53. The highest BCUT2D eigenvalue weighted by molar-refractivity contribution is 9.10. The maximum atomic E-state index is 13.5. The molecule has 0 bridgehead atoms. The zero-order valence-electron chi connectivity index (χ0n) is 10.7. The lowest BCUT2D eigenvalue weighted by atomic mass is 10.3. The summed E-state index contributed by atoms with van der Waals surface area (Å²) in [6.45, 7) is 2.50. The summed E-state index contributed by atoms with van der Waals surface area (Å²) >= 11 is 8.52. The zero-order chi connectivity index (χ0) is 14.3. The van der Waals surface area contributed by atoms with Crippen molar-refractivity contribution in [1.82, 2.24) is 14.5 Å². The highest BCUT2D eigenvalue weighted by Crippen LogP contribution is 2.23. The number of nitrogens with one attached hydrogen (secondary N) is 1. The molecule has 0 aliphatic carbocycles. The van der Waals surface area contributed by atoms with Crippen LogP contribution < -0.4 is 0 Å². The highest BCUT2D eigenvalue weighted by atomic mass is 79.9. The first-order valence-electron chi connectivity index (χ1n) is 6.05. The number of rotatable bonds is 2. The van der Waals surface area contributed by atoms with Crippen molar-refractivity contribution < 1.29 is 4.39 Å². The Morgan fingerprint density at radius 2 is 2.20 bits per heavy atom. The molecule has 0 saturated carbocycles. The molecule has 20 heavy (non-hydrogen) atoms. The number of benzene rings is 1. The summed E-state index contributed by atoms with van der Waals surface area (Å²) in [5, 5.41) is 0. The Morgan fingerprint density at radius 1 is 1.40 bits per heavy atom. The first-order chi connectivity index (χ1) is 9.54. The Morgan fingerprint density at radius 3 is 2.95 bits per heavy atom. The molecule has 0 spiro atoms. The molecular weight excluding hydrogens is 341 g/mol. The van der Waals surface area contributed by atoms with E-state index in [2.05, 4.69) is 25.9 Å². The molecule has 3 rings (SSSR count). The Kier molecular flexibility index (Phi) is 3.43. The quantitative estimate of drug-likeness (QED) is 0.696. The minimum atomic E-state index is -0.311. The number of hydrogen-bond donors (Lipinski definition) is 1. The number of nitrogens with zero attached hydrogens (tertiary/aromatic N) is 2. The molecular formula is C14H11BrFN3S. The number of aryl methyl sites for hydroxylation is 1. The van der Waals surface area contributed by atoms with Gasteiger partial charge in [-0.05, 0) is 53.3 Å². The van der Waals surface area contributed by atoms with Gasteiger partial charge in [-0.15, -0.1) is 0 Å². The van der Waals surface area contributed by atoms with Crippen LogP contribution >= 0.6 is 28.1 Å². The fourth-order valence-corrected chi connectivity index (χ4v) is 2.76. The molecule has 2 heterocycles. The lowest BCUT2D eigenvalue weighted by Crippen LogP contribution is -2.02. The predicted octanol–water partition coefficient (Wildman–Crippen LogP) is 4.35. The number of pyridine rings is 1. The summed E-state index contributed by atoms with van der Waals surface area (Å²) in [6.07, 6.45) is 0. The second-order valence-corrected chi connectivity index (χ2v) is 5.81. The van der Waals surface area contributed by atoms with Crippen molar-refractivity contribution in [2.45, 2.75) is 13.5 Å². The molecule has 0 saturated heterocycles. The van der Waals surface area contributed by atoms with E-state index >= 15 is 0 Å². The van der Waals surface area contributed by atoms with Crippen molar-refractivity contribution in [3.8, 4) is 0 Å². The van der Waals surface area contributed by atoms with Gasteiger partial charge in [-0.1, -0.05) is 6.07 Å². The van der Waals surface area contributed by atoms with Crippen LogP contribution in [0.15, 0.2) is 34.8 Å². The van der Waals surface area contributed by atoms with Crippen LogP contribution in [0.3, 0.4) is 0 Å². The summed E-state index contributed by atoms with van der Waals surface area (Å²) < 4.78 is 16.4. The number of halogens is 2. The first-order valence-corrected chi connectivity index (χ1v) is 7.25. The molecule has 0 atom stereocenters. The van der Waals surface area contributed by atoms with Crippen molar-refractivity contribution in [3.63, 3.8) is 0 Å². The third kappa shape index (κ3) is 2.41.